The summed E-state index contributed by atoms with van der Waals surface area (Å²) in [6.07, 6.45) is 4.38. The normalized spacial score (nSPS) is 10.2. The van der Waals surface area contributed by atoms with Crippen LogP contribution < -0.4 is 5.32 Å². The summed E-state index contributed by atoms with van der Waals surface area (Å²) in [6.45, 7) is 2.70. The minimum absolute atomic E-state index is 0.113. The maximum absolute atomic E-state index is 11.7. The smallest absolute Gasteiger partial charge is 0.270 e. The van der Waals surface area contributed by atoms with Gasteiger partial charge in [0.25, 0.3) is 5.91 Å². The summed E-state index contributed by atoms with van der Waals surface area (Å²) < 4.78 is 0. The van der Waals surface area contributed by atoms with Gasteiger partial charge in [0.2, 0.25) is 0 Å². The lowest BCUT2D eigenvalue weighted by Gasteiger charge is -1.99. The molecular weight excluding hydrogens is 234 g/mol. The number of nitrogens with one attached hydrogen (secondary N) is 1. The predicted molar refractivity (Wildman–Crippen MR) is 68.0 cm³/mol. The van der Waals surface area contributed by atoms with Crippen LogP contribution in [0.15, 0.2) is 29.9 Å². The molecule has 0 atom stereocenters. The minimum atomic E-state index is -0.113. The molecule has 17 heavy (non-hydrogen) atoms. The molecule has 0 aliphatic heterocycles. The number of pyridine rings is 1. The Morgan fingerprint density at radius 2 is 2.41 bits per heavy atom. The molecule has 0 saturated heterocycles. The van der Waals surface area contributed by atoms with E-state index in [2.05, 4.69) is 15.3 Å². The second kappa shape index (κ2) is 5.54. The van der Waals surface area contributed by atoms with Crippen LogP contribution in [0, 0.1) is 0 Å². The van der Waals surface area contributed by atoms with Gasteiger partial charge in [-0.15, -0.1) is 11.3 Å². The monoisotopic (exact) mass is 247 g/mol. The van der Waals surface area contributed by atoms with Gasteiger partial charge in [-0.3, -0.25) is 9.78 Å². The highest BCUT2D eigenvalue weighted by Crippen LogP contribution is 2.22. The molecule has 88 valence electrons. The maximum atomic E-state index is 11.7. The van der Waals surface area contributed by atoms with Gasteiger partial charge in [0, 0.05) is 29.9 Å². The summed E-state index contributed by atoms with van der Waals surface area (Å²) >= 11 is 1.45. The topological polar surface area (TPSA) is 54.9 Å². The van der Waals surface area contributed by atoms with E-state index in [1.807, 2.05) is 19.1 Å². The average Bonchev–Trinajstić information content (AvgIpc) is 2.86. The van der Waals surface area contributed by atoms with Gasteiger partial charge in [-0.05, 0) is 18.6 Å². The van der Waals surface area contributed by atoms with Crippen LogP contribution in [0.5, 0.6) is 0 Å². The number of aromatic nitrogens is 2. The van der Waals surface area contributed by atoms with Crippen molar-refractivity contribution in [2.24, 2.45) is 0 Å². The molecule has 0 radical (unpaired) electrons. The van der Waals surface area contributed by atoms with Crippen molar-refractivity contribution in [2.75, 3.05) is 6.54 Å². The highest BCUT2D eigenvalue weighted by Gasteiger charge is 2.10. The van der Waals surface area contributed by atoms with Gasteiger partial charge in [-0.1, -0.05) is 6.92 Å². The highest BCUT2D eigenvalue weighted by molar-refractivity contribution is 7.13. The molecule has 0 bridgehead atoms. The highest BCUT2D eigenvalue weighted by atomic mass is 32.1. The molecule has 5 heteroatoms. The van der Waals surface area contributed by atoms with E-state index >= 15 is 0 Å². The van der Waals surface area contributed by atoms with Gasteiger partial charge in [0.1, 0.15) is 10.7 Å². The zero-order chi connectivity index (χ0) is 12.1. The number of carbonyl (C=O) groups excluding carboxylic acids is 1. The molecule has 0 saturated carbocycles. The second-order valence-corrected chi connectivity index (χ2v) is 4.39. The summed E-state index contributed by atoms with van der Waals surface area (Å²) in [5.41, 5.74) is 1.41. The van der Waals surface area contributed by atoms with Crippen molar-refractivity contribution < 1.29 is 4.79 Å². The first-order chi connectivity index (χ1) is 8.31. The number of amides is 1. The van der Waals surface area contributed by atoms with Crippen LogP contribution in [0.1, 0.15) is 23.8 Å². The molecule has 0 aliphatic carbocycles. The molecule has 0 spiro atoms. The lowest BCUT2D eigenvalue weighted by Crippen LogP contribution is -2.24. The van der Waals surface area contributed by atoms with Crippen molar-refractivity contribution in [2.45, 2.75) is 13.3 Å². The minimum Gasteiger partial charge on any atom is -0.351 e. The Kier molecular flexibility index (Phi) is 3.82. The Morgan fingerprint density at radius 1 is 1.53 bits per heavy atom. The number of nitrogens with zero attached hydrogens (tertiary/aromatic N) is 2. The molecule has 4 nitrogen and oxygen atoms in total. The maximum Gasteiger partial charge on any atom is 0.270 e. The Bertz CT molecular complexity index is 495. The standard InChI is InChI=1S/C12H13N3OS/c1-2-5-14-11(16)10-8-17-12(15-10)9-4-3-6-13-7-9/h3-4,6-8H,2,5H2,1H3,(H,14,16). The second-order valence-electron chi connectivity index (χ2n) is 3.54. The van der Waals surface area contributed by atoms with Crippen molar-refractivity contribution in [1.82, 2.24) is 15.3 Å². The van der Waals surface area contributed by atoms with Crippen LogP contribution >= 0.6 is 11.3 Å². The van der Waals surface area contributed by atoms with E-state index in [4.69, 9.17) is 0 Å². The van der Waals surface area contributed by atoms with Crippen molar-refractivity contribution in [1.29, 1.82) is 0 Å². The fourth-order valence-electron chi connectivity index (χ4n) is 1.33. The zero-order valence-corrected chi connectivity index (χ0v) is 10.3. The largest absolute Gasteiger partial charge is 0.351 e. The number of thiazole rings is 1. The van der Waals surface area contributed by atoms with Crippen LogP contribution in [-0.2, 0) is 0 Å². The number of hydrogen-bond acceptors (Lipinski definition) is 4. The van der Waals surface area contributed by atoms with Crippen LogP contribution in [0.3, 0.4) is 0 Å². The van der Waals surface area contributed by atoms with Crippen LogP contribution in [0.2, 0.25) is 0 Å². The first-order valence-electron chi connectivity index (χ1n) is 5.45. The molecule has 0 aromatic carbocycles. The molecule has 2 rings (SSSR count). The van der Waals surface area contributed by atoms with Crippen LogP contribution in [0.25, 0.3) is 10.6 Å². The van der Waals surface area contributed by atoms with Gasteiger partial charge < -0.3 is 5.32 Å². The van der Waals surface area contributed by atoms with E-state index in [9.17, 15) is 4.79 Å². The summed E-state index contributed by atoms with van der Waals surface area (Å²) in [7, 11) is 0. The van der Waals surface area contributed by atoms with Gasteiger partial charge in [0.05, 0.1) is 0 Å². The van der Waals surface area contributed by atoms with E-state index < -0.39 is 0 Å². The quantitative estimate of drug-likeness (QED) is 0.902. The zero-order valence-electron chi connectivity index (χ0n) is 9.51. The SMILES string of the molecule is CCCNC(=O)c1csc(-c2cccnc2)n1. The van der Waals surface area contributed by atoms with Crippen LogP contribution in [0.4, 0.5) is 0 Å². The lowest BCUT2D eigenvalue weighted by molar-refractivity contribution is 0.0949. The fourth-order valence-corrected chi connectivity index (χ4v) is 2.12. The molecule has 1 amide bonds. The van der Waals surface area contributed by atoms with E-state index in [-0.39, 0.29) is 5.91 Å². The van der Waals surface area contributed by atoms with E-state index in [1.54, 1.807) is 17.8 Å². The Labute approximate surface area is 104 Å². The molecule has 0 aliphatic rings. The molecule has 2 heterocycles. The molecule has 2 aromatic rings. The van der Waals surface area contributed by atoms with E-state index in [0.29, 0.717) is 12.2 Å². The predicted octanol–water partition coefficient (Wildman–Crippen LogP) is 2.34. The summed E-state index contributed by atoms with van der Waals surface area (Å²) in [4.78, 5) is 20.0. The molecule has 1 N–H and O–H groups in total. The average molecular weight is 247 g/mol. The van der Waals surface area contributed by atoms with Crippen LogP contribution in [-0.4, -0.2) is 22.4 Å². The van der Waals surface area contributed by atoms with Crippen molar-refractivity contribution >= 4 is 17.2 Å². The lowest BCUT2D eigenvalue weighted by atomic mass is 10.3. The Balaban J connectivity index is 2.14. The van der Waals surface area contributed by atoms with Gasteiger partial charge in [-0.2, -0.15) is 0 Å². The molecular formula is C12H13N3OS. The molecule has 0 unspecified atom stereocenters. The van der Waals surface area contributed by atoms with Gasteiger partial charge in [0.15, 0.2) is 0 Å². The Morgan fingerprint density at radius 3 is 3.12 bits per heavy atom. The van der Waals surface area contributed by atoms with Crippen molar-refractivity contribution in [3.8, 4) is 10.6 Å². The van der Waals surface area contributed by atoms with E-state index in [0.717, 1.165) is 17.0 Å². The number of carbonyl (C=O) groups is 1. The fraction of sp³-hybridized carbons (Fsp3) is 0.250. The summed E-state index contributed by atoms with van der Waals surface area (Å²) in [5.74, 6) is -0.113. The van der Waals surface area contributed by atoms with E-state index in [1.165, 1.54) is 11.3 Å². The molecule has 0 fully saturated rings. The van der Waals surface area contributed by atoms with Gasteiger partial charge >= 0.3 is 0 Å². The third kappa shape index (κ3) is 2.88. The van der Waals surface area contributed by atoms with Crippen molar-refractivity contribution in [3.63, 3.8) is 0 Å². The number of hydrogen-bond donors (Lipinski definition) is 1. The first-order valence-corrected chi connectivity index (χ1v) is 6.33. The van der Waals surface area contributed by atoms with Gasteiger partial charge in [-0.25, -0.2) is 4.98 Å². The Hall–Kier alpha value is -1.75. The third-order valence-electron chi connectivity index (χ3n) is 2.18. The molecule has 2 aromatic heterocycles. The van der Waals surface area contributed by atoms with Crippen molar-refractivity contribution in [3.05, 3.63) is 35.6 Å². The summed E-state index contributed by atoms with van der Waals surface area (Å²) in [5, 5.41) is 5.39. The third-order valence-corrected chi connectivity index (χ3v) is 3.07. The number of rotatable bonds is 4. The first kappa shape index (κ1) is 11.7. The summed E-state index contributed by atoms with van der Waals surface area (Å²) in [6, 6.07) is 3.78.